The molecule has 3 aromatic heterocycles. The second-order valence-electron chi connectivity index (χ2n) is 5.96. The molecule has 1 saturated heterocycles. The molecule has 1 fully saturated rings. The molecule has 1 aliphatic rings. The van der Waals surface area contributed by atoms with Gasteiger partial charge in [-0.1, -0.05) is 5.16 Å². The van der Waals surface area contributed by atoms with Gasteiger partial charge in [0.15, 0.2) is 12.1 Å². The topological polar surface area (TPSA) is 107 Å². The average molecular weight is 395 g/mol. The van der Waals surface area contributed by atoms with Crippen LogP contribution in [0.4, 0.5) is 13.2 Å². The summed E-state index contributed by atoms with van der Waals surface area (Å²) in [6.45, 7) is 0.854. The molecule has 0 radical (unpaired) electrons. The summed E-state index contributed by atoms with van der Waals surface area (Å²) in [6, 6.07) is 2.96. The number of alkyl halides is 3. The van der Waals surface area contributed by atoms with E-state index in [4.69, 9.17) is 9.15 Å². The first kappa shape index (κ1) is 17.9. The minimum Gasteiger partial charge on any atom is -0.472 e. The van der Waals surface area contributed by atoms with E-state index in [0.29, 0.717) is 19.5 Å². The summed E-state index contributed by atoms with van der Waals surface area (Å²) < 4.78 is 52.3. The van der Waals surface area contributed by atoms with Crippen molar-refractivity contribution < 1.29 is 31.6 Å². The lowest BCUT2D eigenvalue weighted by molar-refractivity contribution is -0.159. The van der Waals surface area contributed by atoms with Crippen molar-refractivity contribution in [2.24, 2.45) is 0 Å². The van der Waals surface area contributed by atoms with E-state index in [1.807, 2.05) is 0 Å². The predicted molar refractivity (Wildman–Crippen MR) is 84.0 cm³/mol. The largest absolute Gasteiger partial charge is 0.472 e. The molecule has 1 aliphatic heterocycles. The number of likely N-dealkylation sites (tertiary alicyclic amines) is 1. The van der Waals surface area contributed by atoms with E-state index in [9.17, 15) is 18.0 Å². The van der Waals surface area contributed by atoms with Crippen LogP contribution < -0.4 is 4.74 Å². The number of hydrogen-bond acceptors (Lipinski definition) is 8. The van der Waals surface area contributed by atoms with Gasteiger partial charge in [0.25, 0.3) is 5.91 Å². The molecule has 146 valence electrons. The number of ether oxygens (including phenoxy) is 1. The van der Waals surface area contributed by atoms with Crippen molar-refractivity contribution in [3.8, 4) is 17.3 Å². The summed E-state index contributed by atoms with van der Waals surface area (Å²) in [5.74, 6) is -1.63. The lowest BCUT2D eigenvalue weighted by Crippen LogP contribution is -2.31. The highest BCUT2D eigenvalue weighted by atomic mass is 19.4. The van der Waals surface area contributed by atoms with Gasteiger partial charge in [-0.05, 0) is 6.07 Å². The van der Waals surface area contributed by atoms with E-state index in [0.717, 1.165) is 0 Å². The Morgan fingerprint density at radius 2 is 2.14 bits per heavy atom. The molecule has 3 aromatic rings. The van der Waals surface area contributed by atoms with Crippen LogP contribution in [0.15, 0.2) is 39.9 Å². The fraction of sp³-hybridized carbons (Fsp3) is 0.312. The Morgan fingerprint density at radius 1 is 1.29 bits per heavy atom. The lowest BCUT2D eigenvalue weighted by Gasteiger charge is -2.15. The highest BCUT2D eigenvalue weighted by Gasteiger charge is 2.38. The molecule has 28 heavy (non-hydrogen) atoms. The Morgan fingerprint density at radius 3 is 2.79 bits per heavy atom. The van der Waals surface area contributed by atoms with Crippen molar-refractivity contribution in [1.29, 1.82) is 0 Å². The van der Waals surface area contributed by atoms with E-state index in [-0.39, 0.29) is 35.0 Å². The molecule has 0 bridgehead atoms. The van der Waals surface area contributed by atoms with Gasteiger partial charge >= 0.3 is 12.1 Å². The number of hydrogen-bond donors (Lipinski definition) is 0. The summed E-state index contributed by atoms with van der Waals surface area (Å²) in [7, 11) is 0. The number of nitrogens with zero attached hydrogens (tertiary/aromatic N) is 5. The molecule has 4 rings (SSSR count). The van der Waals surface area contributed by atoms with Crippen LogP contribution in [0.3, 0.4) is 0 Å². The van der Waals surface area contributed by atoms with Crippen LogP contribution in [0.25, 0.3) is 11.4 Å². The highest BCUT2D eigenvalue weighted by molar-refractivity contribution is 5.92. The average Bonchev–Trinajstić information content (AvgIpc) is 3.42. The van der Waals surface area contributed by atoms with Crippen molar-refractivity contribution in [3.63, 3.8) is 0 Å². The molecule has 12 heteroatoms. The Hall–Kier alpha value is -3.44. The molecular weight excluding hydrogens is 383 g/mol. The zero-order valence-electron chi connectivity index (χ0n) is 14.1. The molecule has 0 saturated carbocycles. The number of carbonyl (C=O) groups excluding carboxylic acids is 1. The minimum absolute atomic E-state index is 0.224. The van der Waals surface area contributed by atoms with Gasteiger partial charge in [-0.15, -0.1) is 0 Å². The molecule has 0 aliphatic carbocycles. The first-order valence-corrected chi connectivity index (χ1v) is 8.11. The van der Waals surface area contributed by atoms with E-state index < -0.39 is 12.1 Å². The van der Waals surface area contributed by atoms with Gasteiger partial charge in [-0.25, -0.2) is 9.97 Å². The normalized spacial score (nSPS) is 17.1. The van der Waals surface area contributed by atoms with Crippen molar-refractivity contribution in [2.45, 2.75) is 18.7 Å². The lowest BCUT2D eigenvalue weighted by atomic mass is 10.2. The second-order valence-corrected chi connectivity index (χ2v) is 5.96. The highest BCUT2D eigenvalue weighted by Crippen LogP contribution is 2.29. The third-order valence-corrected chi connectivity index (χ3v) is 4.03. The van der Waals surface area contributed by atoms with Crippen LogP contribution in [0.5, 0.6) is 5.88 Å². The second kappa shape index (κ2) is 6.94. The number of aromatic nitrogens is 4. The third-order valence-electron chi connectivity index (χ3n) is 4.03. The standard InChI is InChI=1S/C16H12F3N5O4/c17-16(18,19)15-22-13(23-28-15)9-1-2-12(20-5-9)27-10-3-4-24(6-10)14(25)11-7-26-8-21-11/h1-2,5,7-8,10H,3-4,6H2/t10-/m1/s1. The molecule has 1 atom stereocenters. The van der Waals surface area contributed by atoms with Crippen LogP contribution in [0.1, 0.15) is 22.8 Å². The molecule has 0 N–H and O–H groups in total. The fourth-order valence-electron chi connectivity index (χ4n) is 2.70. The zero-order valence-corrected chi connectivity index (χ0v) is 14.1. The van der Waals surface area contributed by atoms with Crippen LogP contribution >= 0.6 is 0 Å². The van der Waals surface area contributed by atoms with Crippen molar-refractivity contribution >= 4 is 5.91 Å². The van der Waals surface area contributed by atoms with Crippen molar-refractivity contribution in [3.05, 3.63) is 42.6 Å². The Kier molecular flexibility index (Phi) is 4.45. The van der Waals surface area contributed by atoms with Crippen LogP contribution in [0, 0.1) is 0 Å². The van der Waals surface area contributed by atoms with E-state index >= 15 is 0 Å². The summed E-state index contributed by atoms with van der Waals surface area (Å²) >= 11 is 0. The van der Waals surface area contributed by atoms with Crippen LogP contribution in [-0.4, -0.2) is 50.1 Å². The van der Waals surface area contributed by atoms with Gasteiger partial charge < -0.3 is 18.6 Å². The quantitative estimate of drug-likeness (QED) is 0.663. The fourth-order valence-corrected chi connectivity index (χ4v) is 2.70. The number of rotatable bonds is 4. The van der Waals surface area contributed by atoms with Gasteiger partial charge in [-0.3, -0.25) is 4.79 Å². The summed E-state index contributed by atoms with van der Waals surface area (Å²) in [4.78, 5) is 25.0. The SMILES string of the molecule is O=C(c1cocn1)N1CC[C@@H](Oc2ccc(-c3noc(C(F)(F)F)n3)cn2)C1. The molecule has 0 aromatic carbocycles. The maximum absolute atomic E-state index is 12.5. The minimum atomic E-state index is -4.71. The third kappa shape index (κ3) is 3.66. The molecule has 1 amide bonds. The summed E-state index contributed by atoms with van der Waals surface area (Å²) in [5.41, 5.74) is 0.474. The van der Waals surface area contributed by atoms with Crippen molar-refractivity contribution in [1.82, 2.24) is 25.0 Å². The monoisotopic (exact) mass is 395 g/mol. The first-order chi connectivity index (χ1) is 13.4. The Labute approximate surface area is 155 Å². The van der Waals surface area contributed by atoms with E-state index in [1.165, 1.54) is 31.0 Å². The first-order valence-electron chi connectivity index (χ1n) is 8.11. The van der Waals surface area contributed by atoms with Gasteiger partial charge in [0, 0.05) is 30.8 Å². The number of pyridine rings is 1. The van der Waals surface area contributed by atoms with E-state index in [1.54, 1.807) is 4.90 Å². The Balaban J connectivity index is 1.37. The molecule has 9 nitrogen and oxygen atoms in total. The maximum atomic E-state index is 12.5. The Bertz CT molecular complexity index is 956. The maximum Gasteiger partial charge on any atom is 0.471 e. The molecule has 0 spiro atoms. The number of oxazole rings is 1. The van der Waals surface area contributed by atoms with Gasteiger partial charge in [0.05, 0.1) is 6.54 Å². The molecular formula is C16H12F3N5O4. The van der Waals surface area contributed by atoms with Gasteiger partial charge in [-0.2, -0.15) is 18.2 Å². The number of halogens is 3. The van der Waals surface area contributed by atoms with Crippen molar-refractivity contribution in [2.75, 3.05) is 13.1 Å². The number of carbonyl (C=O) groups is 1. The van der Waals surface area contributed by atoms with Gasteiger partial charge in [0.2, 0.25) is 11.7 Å². The summed E-state index contributed by atoms with van der Waals surface area (Å²) in [6.07, 6.45) is -0.626. The smallest absolute Gasteiger partial charge is 0.471 e. The number of amides is 1. The van der Waals surface area contributed by atoms with Crippen LogP contribution in [0.2, 0.25) is 0 Å². The van der Waals surface area contributed by atoms with Crippen LogP contribution in [-0.2, 0) is 6.18 Å². The molecule has 4 heterocycles. The predicted octanol–water partition coefficient (Wildman–Crippen LogP) is 2.43. The molecule has 0 unspecified atom stereocenters. The summed E-state index contributed by atoms with van der Waals surface area (Å²) in [5, 5.41) is 3.29. The van der Waals surface area contributed by atoms with Gasteiger partial charge in [0.1, 0.15) is 12.4 Å². The zero-order chi connectivity index (χ0) is 19.7. The van der Waals surface area contributed by atoms with E-state index in [2.05, 4.69) is 24.6 Å².